The largest absolute Gasteiger partial charge is 0.495 e. The Hall–Kier alpha value is -1.22. The monoisotopic (exact) mass is 309 g/mol. The van der Waals surface area contributed by atoms with E-state index in [-0.39, 0.29) is 6.04 Å². The Morgan fingerprint density at radius 2 is 1.75 bits per heavy atom. The first-order valence-corrected chi connectivity index (χ1v) is 7.21. The molecule has 106 valence electrons. The van der Waals surface area contributed by atoms with Gasteiger partial charge in [0.25, 0.3) is 0 Å². The van der Waals surface area contributed by atoms with Crippen molar-refractivity contribution in [1.29, 1.82) is 0 Å². The Kier molecular flexibility index (Phi) is 4.92. The Morgan fingerprint density at radius 3 is 2.30 bits per heavy atom. The van der Waals surface area contributed by atoms with Crippen LogP contribution in [-0.2, 0) is 0 Å². The maximum atomic E-state index is 6.28. The van der Waals surface area contributed by atoms with Gasteiger partial charge in [-0.3, -0.25) is 0 Å². The summed E-state index contributed by atoms with van der Waals surface area (Å²) in [5, 5.41) is 1.15. The highest BCUT2D eigenvalue weighted by atomic mass is 35.5. The lowest BCUT2D eigenvalue weighted by Crippen LogP contribution is -2.08. The van der Waals surface area contributed by atoms with E-state index in [1.165, 1.54) is 0 Å². The lowest BCUT2D eigenvalue weighted by molar-refractivity contribution is 0.415. The van der Waals surface area contributed by atoms with Crippen molar-refractivity contribution >= 4 is 23.2 Å². The van der Waals surface area contributed by atoms with Crippen molar-refractivity contribution in [2.24, 2.45) is 5.73 Å². The SMILES string of the molecule is CCC(N)c1ccc(-c2cc(Cl)c(OC)cc2Cl)cc1. The fraction of sp³-hybridized carbons (Fsp3) is 0.250. The maximum Gasteiger partial charge on any atom is 0.138 e. The van der Waals surface area contributed by atoms with Crippen molar-refractivity contribution in [3.8, 4) is 16.9 Å². The molecule has 0 spiro atoms. The molecule has 0 saturated carbocycles. The Labute approximate surface area is 129 Å². The van der Waals surface area contributed by atoms with Crippen LogP contribution in [0.5, 0.6) is 5.75 Å². The molecule has 0 radical (unpaired) electrons. The molecular formula is C16H17Cl2NO. The van der Waals surface area contributed by atoms with Gasteiger partial charge < -0.3 is 10.5 Å². The Bertz CT molecular complexity index is 596. The van der Waals surface area contributed by atoms with Gasteiger partial charge in [0.2, 0.25) is 0 Å². The third-order valence-corrected chi connectivity index (χ3v) is 3.94. The molecule has 0 aliphatic carbocycles. The molecule has 2 aromatic rings. The summed E-state index contributed by atoms with van der Waals surface area (Å²) in [6.45, 7) is 2.07. The minimum atomic E-state index is 0.0685. The summed E-state index contributed by atoms with van der Waals surface area (Å²) in [6, 6.07) is 11.7. The highest BCUT2D eigenvalue weighted by molar-refractivity contribution is 6.36. The summed E-state index contributed by atoms with van der Waals surface area (Å²) in [6.07, 6.45) is 0.911. The molecule has 2 rings (SSSR count). The topological polar surface area (TPSA) is 35.2 Å². The van der Waals surface area contributed by atoms with Crippen LogP contribution < -0.4 is 10.5 Å². The van der Waals surface area contributed by atoms with E-state index >= 15 is 0 Å². The summed E-state index contributed by atoms with van der Waals surface area (Å²) in [4.78, 5) is 0. The van der Waals surface area contributed by atoms with Gasteiger partial charge in [0, 0.05) is 17.7 Å². The van der Waals surface area contributed by atoms with E-state index < -0.39 is 0 Å². The van der Waals surface area contributed by atoms with Crippen molar-refractivity contribution in [3.63, 3.8) is 0 Å². The van der Waals surface area contributed by atoms with Crippen LogP contribution in [-0.4, -0.2) is 7.11 Å². The standard InChI is InChI=1S/C16H17Cl2NO/c1-3-15(19)11-6-4-10(5-7-11)12-8-14(18)16(20-2)9-13(12)17/h4-9,15H,3,19H2,1-2H3. The molecule has 0 amide bonds. The minimum absolute atomic E-state index is 0.0685. The predicted octanol–water partition coefficient (Wildman–Crippen LogP) is 5.08. The van der Waals surface area contributed by atoms with Crippen molar-refractivity contribution in [3.05, 3.63) is 52.0 Å². The Morgan fingerprint density at radius 1 is 1.10 bits per heavy atom. The van der Waals surface area contributed by atoms with Crippen molar-refractivity contribution in [2.75, 3.05) is 7.11 Å². The molecule has 0 saturated heterocycles. The van der Waals surface area contributed by atoms with Gasteiger partial charge in [-0.15, -0.1) is 0 Å². The van der Waals surface area contributed by atoms with Crippen LogP contribution >= 0.6 is 23.2 Å². The van der Waals surface area contributed by atoms with Crippen molar-refractivity contribution in [1.82, 2.24) is 0 Å². The van der Waals surface area contributed by atoms with Crippen LogP contribution in [0, 0.1) is 0 Å². The molecule has 0 aliphatic heterocycles. The highest BCUT2D eigenvalue weighted by Crippen LogP contribution is 2.36. The van der Waals surface area contributed by atoms with E-state index in [2.05, 4.69) is 6.92 Å². The second kappa shape index (κ2) is 6.49. The van der Waals surface area contributed by atoms with E-state index in [0.29, 0.717) is 15.8 Å². The molecule has 0 heterocycles. The number of hydrogen-bond acceptors (Lipinski definition) is 2. The molecule has 2 nitrogen and oxygen atoms in total. The molecule has 2 aromatic carbocycles. The molecule has 2 N–H and O–H groups in total. The molecule has 1 atom stereocenters. The molecule has 0 bridgehead atoms. The van der Waals surface area contributed by atoms with Gasteiger partial charge in [-0.1, -0.05) is 54.4 Å². The normalized spacial score (nSPS) is 12.2. The average Bonchev–Trinajstić information content (AvgIpc) is 2.48. The lowest BCUT2D eigenvalue weighted by atomic mass is 10.00. The second-order valence-electron chi connectivity index (χ2n) is 4.60. The molecule has 20 heavy (non-hydrogen) atoms. The van der Waals surface area contributed by atoms with Gasteiger partial charge in [0.05, 0.1) is 17.2 Å². The summed E-state index contributed by atoms with van der Waals surface area (Å²) in [5.41, 5.74) is 9.02. The van der Waals surface area contributed by atoms with Gasteiger partial charge in [-0.05, 0) is 23.6 Å². The smallest absolute Gasteiger partial charge is 0.138 e. The van der Waals surface area contributed by atoms with Gasteiger partial charge in [0.15, 0.2) is 0 Å². The maximum absolute atomic E-state index is 6.28. The number of benzene rings is 2. The number of methoxy groups -OCH3 is 1. The summed E-state index contributed by atoms with van der Waals surface area (Å²) in [7, 11) is 1.57. The first-order valence-electron chi connectivity index (χ1n) is 6.45. The molecule has 4 heteroatoms. The number of rotatable bonds is 4. The van der Waals surface area contributed by atoms with E-state index in [4.69, 9.17) is 33.7 Å². The molecule has 0 fully saturated rings. The van der Waals surface area contributed by atoms with Crippen LogP contribution in [0.1, 0.15) is 24.9 Å². The number of nitrogens with two attached hydrogens (primary N) is 1. The number of halogens is 2. The second-order valence-corrected chi connectivity index (χ2v) is 5.42. The third kappa shape index (κ3) is 3.09. The van der Waals surface area contributed by atoms with E-state index in [1.807, 2.05) is 30.3 Å². The lowest BCUT2D eigenvalue weighted by Gasteiger charge is -2.12. The van der Waals surface area contributed by atoms with E-state index in [0.717, 1.165) is 23.1 Å². The third-order valence-electron chi connectivity index (χ3n) is 3.33. The van der Waals surface area contributed by atoms with Crippen molar-refractivity contribution in [2.45, 2.75) is 19.4 Å². The van der Waals surface area contributed by atoms with Crippen LogP contribution in [0.15, 0.2) is 36.4 Å². The van der Waals surface area contributed by atoms with Gasteiger partial charge in [-0.2, -0.15) is 0 Å². The van der Waals surface area contributed by atoms with Crippen LogP contribution in [0.25, 0.3) is 11.1 Å². The number of hydrogen-bond donors (Lipinski definition) is 1. The molecular weight excluding hydrogens is 293 g/mol. The van der Waals surface area contributed by atoms with Crippen LogP contribution in [0.4, 0.5) is 0 Å². The van der Waals surface area contributed by atoms with Gasteiger partial charge in [-0.25, -0.2) is 0 Å². The summed E-state index contributed by atoms with van der Waals surface area (Å²) >= 11 is 12.4. The molecule has 1 unspecified atom stereocenters. The van der Waals surface area contributed by atoms with Crippen molar-refractivity contribution < 1.29 is 4.74 Å². The minimum Gasteiger partial charge on any atom is -0.495 e. The fourth-order valence-electron chi connectivity index (χ4n) is 2.05. The number of ether oxygens (including phenoxy) is 1. The van der Waals surface area contributed by atoms with Crippen LogP contribution in [0.3, 0.4) is 0 Å². The average molecular weight is 310 g/mol. The Balaban J connectivity index is 2.39. The van der Waals surface area contributed by atoms with Gasteiger partial charge in [0.1, 0.15) is 5.75 Å². The summed E-state index contributed by atoms with van der Waals surface area (Å²) in [5.74, 6) is 0.574. The zero-order valence-corrected chi connectivity index (χ0v) is 13.0. The quantitative estimate of drug-likeness (QED) is 0.855. The fourth-order valence-corrected chi connectivity index (χ4v) is 2.56. The zero-order chi connectivity index (χ0) is 14.7. The first-order chi connectivity index (χ1) is 9.56. The summed E-state index contributed by atoms with van der Waals surface area (Å²) < 4.78 is 5.15. The highest BCUT2D eigenvalue weighted by Gasteiger charge is 2.10. The van der Waals surface area contributed by atoms with Crippen LogP contribution in [0.2, 0.25) is 10.0 Å². The van der Waals surface area contributed by atoms with E-state index in [9.17, 15) is 0 Å². The molecule has 0 aliphatic rings. The van der Waals surface area contributed by atoms with E-state index in [1.54, 1.807) is 13.2 Å². The molecule has 0 aromatic heterocycles. The predicted molar refractivity (Wildman–Crippen MR) is 85.7 cm³/mol. The first kappa shape index (κ1) is 15.2. The van der Waals surface area contributed by atoms with Gasteiger partial charge >= 0.3 is 0 Å². The zero-order valence-electron chi connectivity index (χ0n) is 11.5.